The first-order chi connectivity index (χ1) is 8.11. The number of hydrogen-bond donors (Lipinski definition) is 1. The van der Waals surface area contributed by atoms with E-state index in [1.54, 1.807) is 18.2 Å². The lowest BCUT2D eigenvalue weighted by atomic mass is 10.2. The van der Waals surface area contributed by atoms with Crippen molar-refractivity contribution < 1.29 is 9.90 Å². The Morgan fingerprint density at radius 1 is 0.882 bits per heavy atom. The number of hydrogen-bond acceptors (Lipinski definition) is 1. The van der Waals surface area contributed by atoms with E-state index in [1.807, 2.05) is 30.3 Å². The summed E-state index contributed by atoms with van der Waals surface area (Å²) in [5.74, 6) is -0.995. The van der Waals surface area contributed by atoms with Gasteiger partial charge in [-0.1, -0.05) is 53.5 Å². The van der Waals surface area contributed by atoms with Crippen LogP contribution in [0.15, 0.2) is 54.6 Å². The van der Waals surface area contributed by atoms with Crippen LogP contribution < -0.4 is 0 Å². The van der Waals surface area contributed by atoms with Crippen molar-refractivity contribution in [1.82, 2.24) is 0 Å². The van der Waals surface area contributed by atoms with E-state index in [1.165, 1.54) is 6.07 Å². The summed E-state index contributed by atoms with van der Waals surface area (Å²) in [6.45, 7) is 0. The van der Waals surface area contributed by atoms with Gasteiger partial charge in [-0.05, 0) is 24.3 Å². The minimum Gasteiger partial charge on any atom is -0.478 e. The lowest BCUT2D eigenvalue weighted by Gasteiger charge is -1.94. The molecule has 4 heteroatoms. The van der Waals surface area contributed by atoms with Gasteiger partial charge in [0.15, 0.2) is 0 Å². The third kappa shape index (κ3) is 4.89. The molecule has 1 N–H and O–H groups in total. The smallest absolute Gasteiger partial charge is 0.337 e. The zero-order chi connectivity index (χ0) is 12.7. The van der Waals surface area contributed by atoms with Crippen LogP contribution in [0.2, 0.25) is 10.0 Å². The number of halogens is 2. The molecular weight excluding hydrogens is 259 g/mol. The molecule has 2 nitrogen and oxygen atoms in total. The van der Waals surface area contributed by atoms with Gasteiger partial charge in [-0.25, -0.2) is 4.79 Å². The second kappa shape index (κ2) is 6.94. The van der Waals surface area contributed by atoms with Gasteiger partial charge in [0.25, 0.3) is 0 Å². The molecule has 0 heterocycles. The van der Waals surface area contributed by atoms with Gasteiger partial charge >= 0.3 is 5.97 Å². The van der Waals surface area contributed by atoms with Crippen LogP contribution >= 0.6 is 23.2 Å². The zero-order valence-electron chi connectivity index (χ0n) is 8.81. The molecule has 0 bridgehead atoms. The van der Waals surface area contributed by atoms with Crippen LogP contribution in [-0.2, 0) is 0 Å². The molecule has 2 aromatic rings. The first-order valence-corrected chi connectivity index (χ1v) is 5.55. The standard InChI is InChI=1S/C7H5ClO2.C6H5Cl/c8-6-4-2-1-3-5(6)7(9)10;7-6-4-2-1-3-5-6/h1-4H,(H,9,10);1-5H. The number of aromatic carboxylic acids is 1. The van der Waals surface area contributed by atoms with E-state index in [2.05, 4.69) is 0 Å². The number of carbonyl (C=O) groups is 1. The number of benzene rings is 2. The predicted octanol–water partition coefficient (Wildman–Crippen LogP) is 4.38. The van der Waals surface area contributed by atoms with Crippen LogP contribution in [0.1, 0.15) is 10.4 Å². The number of carboxylic acids is 1. The van der Waals surface area contributed by atoms with Gasteiger partial charge in [0.2, 0.25) is 0 Å². The molecule has 0 spiro atoms. The molecule has 2 aromatic carbocycles. The van der Waals surface area contributed by atoms with Gasteiger partial charge in [0.05, 0.1) is 10.6 Å². The molecule has 0 aliphatic heterocycles. The normalized spacial score (nSPS) is 9.06. The second-order valence-corrected chi connectivity index (χ2v) is 3.92. The van der Waals surface area contributed by atoms with Crippen LogP contribution in [0.3, 0.4) is 0 Å². The Balaban J connectivity index is 0.000000181. The Hall–Kier alpha value is -1.51. The Bertz CT molecular complexity index is 484. The van der Waals surface area contributed by atoms with E-state index in [-0.39, 0.29) is 10.6 Å². The van der Waals surface area contributed by atoms with Crippen molar-refractivity contribution in [3.8, 4) is 0 Å². The molecule has 0 atom stereocenters. The minimum absolute atomic E-state index is 0.143. The molecule has 0 aliphatic rings. The van der Waals surface area contributed by atoms with Crippen LogP contribution in [-0.4, -0.2) is 11.1 Å². The quantitative estimate of drug-likeness (QED) is 0.834. The fourth-order valence-electron chi connectivity index (χ4n) is 1.05. The van der Waals surface area contributed by atoms with Gasteiger partial charge in [0.1, 0.15) is 0 Å². The molecule has 0 amide bonds. The first kappa shape index (κ1) is 13.6. The fourth-order valence-corrected chi connectivity index (χ4v) is 1.41. The van der Waals surface area contributed by atoms with E-state index in [0.29, 0.717) is 0 Å². The summed E-state index contributed by atoms with van der Waals surface area (Å²) < 4.78 is 0. The molecule has 88 valence electrons. The lowest BCUT2D eigenvalue weighted by molar-refractivity contribution is 0.0697. The average molecular weight is 269 g/mol. The largest absolute Gasteiger partial charge is 0.478 e. The lowest BCUT2D eigenvalue weighted by Crippen LogP contribution is -1.95. The maximum absolute atomic E-state index is 10.3. The molecule has 0 saturated carbocycles. The molecule has 0 aliphatic carbocycles. The summed E-state index contributed by atoms with van der Waals surface area (Å²) in [6, 6.07) is 15.8. The first-order valence-electron chi connectivity index (χ1n) is 4.79. The van der Waals surface area contributed by atoms with Gasteiger partial charge in [0, 0.05) is 5.02 Å². The molecular formula is C13H10Cl2O2. The van der Waals surface area contributed by atoms with Crippen LogP contribution in [0.4, 0.5) is 0 Å². The van der Waals surface area contributed by atoms with E-state index in [9.17, 15) is 4.79 Å². The van der Waals surface area contributed by atoms with Crippen molar-refractivity contribution in [2.75, 3.05) is 0 Å². The van der Waals surface area contributed by atoms with Gasteiger partial charge in [-0.15, -0.1) is 0 Å². The highest BCUT2D eigenvalue weighted by molar-refractivity contribution is 6.33. The van der Waals surface area contributed by atoms with Crippen LogP contribution in [0, 0.1) is 0 Å². The molecule has 2 rings (SSSR count). The third-order valence-corrected chi connectivity index (χ3v) is 2.42. The molecule has 0 unspecified atom stereocenters. The van der Waals surface area contributed by atoms with Crippen molar-refractivity contribution in [2.45, 2.75) is 0 Å². The molecule has 0 fully saturated rings. The van der Waals surface area contributed by atoms with E-state index >= 15 is 0 Å². The fraction of sp³-hybridized carbons (Fsp3) is 0. The van der Waals surface area contributed by atoms with E-state index in [4.69, 9.17) is 28.3 Å². The number of carboxylic acid groups (broad SMARTS) is 1. The Labute approximate surface area is 109 Å². The van der Waals surface area contributed by atoms with Crippen molar-refractivity contribution in [2.24, 2.45) is 0 Å². The Kier molecular flexibility index (Phi) is 5.53. The molecule has 0 aromatic heterocycles. The molecule has 0 saturated heterocycles. The summed E-state index contributed by atoms with van der Waals surface area (Å²) in [7, 11) is 0. The Morgan fingerprint density at radius 3 is 1.76 bits per heavy atom. The number of rotatable bonds is 1. The maximum atomic E-state index is 10.3. The Morgan fingerprint density at radius 2 is 1.41 bits per heavy atom. The van der Waals surface area contributed by atoms with Crippen LogP contribution in [0.5, 0.6) is 0 Å². The highest BCUT2D eigenvalue weighted by atomic mass is 35.5. The van der Waals surface area contributed by atoms with Crippen molar-refractivity contribution in [3.63, 3.8) is 0 Å². The second-order valence-electron chi connectivity index (χ2n) is 3.08. The summed E-state index contributed by atoms with van der Waals surface area (Å²) in [5, 5.41) is 9.55. The highest BCUT2D eigenvalue weighted by Gasteiger charge is 2.04. The zero-order valence-corrected chi connectivity index (χ0v) is 10.3. The van der Waals surface area contributed by atoms with Crippen molar-refractivity contribution in [3.05, 3.63) is 70.2 Å². The van der Waals surface area contributed by atoms with Crippen molar-refractivity contribution >= 4 is 29.2 Å². The topological polar surface area (TPSA) is 37.3 Å². The van der Waals surface area contributed by atoms with Crippen LogP contribution in [0.25, 0.3) is 0 Å². The van der Waals surface area contributed by atoms with Gasteiger partial charge < -0.3 is 5.11 Å². The third-order valence-electron chi connectivity index (χ3n) is 1.84. The molecule has 0 radical (unpaired) electrons. The SMILES string of the molecule is Clc1ccccc1.O=C(O)c1ccccc1Cl. The van der Waals surface area contributed by atoms with Crippen molar-refractivity contribution in [1.29, 1.82) is 0 Å². The van der Waals surface area contributed by atoms with E-state index in [0.717, 1.165) is 5.02 Å². The highest BCUT2D eigenvalue weighted by Crippen LogP contribution is 2.13. The predicted molar refractivity (Wildman–Crippen MR) is 69.9 cm³/mol. The summed E-state index contributed by atoms with van der Waals surface area (Å²) in [4.78, 5) is 10.3. The monoisotopic (exact) mass is 268 g/mol. The maximum Gasteiger partial charge on any atom is 0.337 e. The molecule has 17 heavy (non-hydrogen) atoms. The van der Waals surface area contributed by atoms with E-state index < -0.39 is 5.97 Å². The summed E-state index contributed by atoms with van der Waals surface area (Å²) in [6.07, 6.45) is 0. The minimum atomic E-state index is -0.995. The summed E-state index contributed by atoms with van der Waals surface area (Å²) in [5.41, 5.74) is 0.143. The summed E-state index contributed by atoms with van der Waals surface area (Å²) >= 11 is 11.1. The van der Waals surface area contributed by atoms with Gasteiger partial charge in [-0.3, -0.25) is 0 Å². The average Bonchev–Trinajstić information content (AvgIpc) is 2.31. The van der Waals surface area contributed by atoms with Gasteiger partial charge in [-0.2, -0.15) is 0 Å².